The second-order valence-corrected chi connectivity index (χ2v) is 5.95. The summed E-state index contributed by atoms with van der Waals surface area (Å²) in [5.41, 5.74) is 3.21. The van der Waals surface area contributed by atoms with Crippen LogP contribution in [0, 0.1) is 0 Å². The SMILES string of the molecule is C=CCOc1c(Cl)cc(/C=N/NC(=O)CN2CCOCC2)cc1OCC. The lowest BCUT2D eigenvalue weighted by molar-refractivity contribution is -0.123. The second kappa shape index (κ2) is 10.8. The number of morpholine rings is 1. The molecular weight excluding hydrogens is 358 g/mol. The number of nitrogens with zero attached hydrogens (tertiary/aromatic N) is 2. The molecule has 1 heterocycles. The van der Waals surface area contributed by atoms with Gasteiger partial charge in [0.25, 0.3) is 5.91 Å². The Morgan fingerprint density at radius 1 is 1.42 bits per heavy atom. The molecule has 142 valence electrons. The topological polar surface area (TPSA) is 72.4 Å². The zero-order valence-electron chi connectivity index (χ0n) is 14.9. The van der Waals surface area contributed by atoms with E-state index in [1.807, 2.05) is 11.8 Å². The van der Waals surface area contributed by atoms with Gasteiger partial charge in [0.2, 0.25) is 0 Å². The molecular formula is C18H24ClN3O4. The second-order valence-electron chi connectivity index (χ2n) is 5.54. The average Bonchev–Trinajstić information content (AvgIpc) is 2.62. The Kier molecular flexibility index (Phi) is 8.40. The molecule has 0 aromatic heterocycles. The molecule has 1 amide bonds. The fraction of sp³-hybridized carbons (Fsp3) is 0.444. The minimum atomic E-state index is -0.176. The van der Waals surface area contributed by atoms with Gasteiger partial charge >= 0.3 is 0 Å². The molecule has 0 spiro atoms. The van der Waals surface area contributed by atoms with Crippen LogP contribution >= 0.6 is 11.6 Å². The Bertz CT molecular complexity index is 646. The lowest BCUT2D eigenvalue weighted by atomic mass is 10.2. The number of hydrogen-bond acceptors (Lipinski definition) is 6. The summed E-state index contributed by atoms with van der Waals surface area (Å²) in [5.74, 6) is 0.801. The van der Waals surface area contributed by atoms with Gasteiger partial charge in [-0.2, -0.15) is 5.10 Å². The molecule has 2 rings (SSSR count). The first-order valence-corrected chi connectivity index (χ1v) is 8.84. The van der Waals surface area contributed by atoms with Crippen LogP contribution in [0.25, 0.3) is 0 Å². The number of hydrogen-bond donors (Lipinski definition) is 1. The molecule has 0 saturated carbocycles. The van der Waals surface area contributed by atoms with Gasteiger partial charge in [-0.15, -0.1) is 0 Å². The van der Waals surface area contributed by atoms with Crippen LogP contribution in [0.2, 0.25) is 5.02 Å². The molecule has 0 unspecified atom stereocenters. The van der Waals surface area contributed by atoms with Crippen LogP contribution in [0.5, 0.6) is 11.5 Å². The molecule has 1 aromatic rings. The fourth-order valence-corrected chi connectivity index (χ4v) is 2.66. The van der Waals surface area contributed by atoms with Crippen LogP contribution in [-0.4, -0.2) is 63.1 Å². The van der Waals surface area contributed by atoms with Crippen molar-refractivity contribution < 1.29 is 19.0 Å². The number of rotatable bonds is 9. The molecule has 0 atom stereocenters. The zero-order valence-corrected chi connectivity index (χ0v) is 15.6. The maximum atomic E-state index is 11.9. The Morgan fingerprint density at radius 2 is 2.19 bits per heavy atom. The van der Waals surface area contributed by atoms with Crippen molar-refractivity contribution in [3.8, 4) is 11.5 Å². The van der Waals surface area contributed by atoms with E-state index in [-0.39, 0.29) is 5.91 Å². The summed E-state index contributed by atoms with van der Waals surface area (Å²) in [7, 11) is 0. The van der Waals surface area contributed by atoms with Gasteiger partial charge in [0.05, 0.1) is 37.6 Å². The normalized spacial score (nSPS) is 15.0. The highest BCUT2D eigenvalue weighted by atomic mass is 35.5. The van der Waals surface area contributed by atoms with E-state index in [0.717, 1.165) is 13.1 Å². The van der Waals surface area contributed by atoms with Crippen molar-refractivity contribution in [2.75, 3.05) is 46.1 Å². The van der Waals surface area contributed by atoms with Crippen LogP contribution in [0.1, 0.15) is 12.5 Å². The molecule has 26 heavy (non-hydrogen) atoms. The first kappa shape index (κ1) is 20.2. The van der Waals surface area contributed by atoms with Crippen molar-refractivity contribution in [1.82, 2.24) is 10.3 Å². The van der Waals surface area contributed by atoms with E-state index >= 15 is 0 Å². The lowest BCUT2D eigenvalue weighted by Gasteiger charge is -2.25. The first-order valence-electron chi connectivity index (χ1n) is 8.46. The first-order chi connectivity index (χ1) is 12.6. The molecule has 1 aromatic carbocycles. The Balaban J connectivity index is 1.97. The molecule has 1 aliphatic heterocycles. The molecule has 0 bridgehead atoms. The van der Waals surface area contributed by atoms with E-state index < -0.39 is 0 Å². The van der Waals surface area contributed by atoms with Gasteiger partial charge in [-0.3, -0.25) is 9.69 Å². The molecule has 1 saturated heterocycles. The number of ether oxygens (including phenoxy) is 3. The summed E-state index contributed by atoms with van der Waals surface area (Å²) in [6.45, 7) is 9.37. The largest absolute Gasteiger partial charge is 0.490 e. The number of nitrogens with one attached hydrogen (secondary N) is 1. The van der Waals surface area contributed by atoms with E-state index in [1.165, 1.54) is 6.21 Å². The van der Waals surface area contributed by atoms with Crippen molar-refractivity contribution in [2.45, 2.75) is 6.92 Å². The van der Waals surface area contributed by atoms with Crippen molar-refractivity contribution in [2.24, 2.45) is 5.10 Å². The van der Waals surface area contributed by atoms with Crippen molar-refractivity contribution in [3.05, 3.63) is 35.4 Å². The predicted molar refractivity (Wildman–Crippen MR) is 101 cm³/mol. The molecule has 7 nitrogen and oxygen atoms in total. The summed E-state index contributed by atoms with van der Waals surface area (Å²) >= 11 is 6.27. The van der Waals surface area contributed by atoms with Gasteiger partial charge < -0.3 is 14.2 Å². The number of halogens is 1. The van der Waals surface area contributed by atoms with Crippen LogP contribution in [0.15, 0.2) is 29.9 Å². The van der Waals surface area contributed by atoms with Crippen molar-refractivity contribution in [1.29, 1.82) is 0 Å². The minimum Gasteiger partial charge on any atom is -0.490 e. The number of amides is 1. The Hall–Kier alpha value is -2.09. The van der Waals surface area contributed by atoms with Gasteiger partial charge in [0.15, 0.2) is 11.5 Å². The third-order valence-corrected chi connectivity index (χ3v) is 3.83. The van der Waals surface area contributed by atoms with E-state index in [9.17, 15) is 4.79 Å². The van der Waals surface area contributed by atoms with Crippen LogP contribution < -0.4 is 14.9 Å². The Labute approximate surface area is 158 Å². The number of carbonyl (C=O) groups excluding carboxylic acids is 1. The van der Waals surface area contributed by atoms with Gasteiger partial charge in [-0.1, -0.05) is 24.3 Å². The third-order valence-electron chi connectivity index (χ3n) is 3.55. The highest BCUT2D eigenvalue weighted by Crippen LogP contribution is 2.36. The quantitative estimate of drug-likeness (QED) is 0.403. The summed E-state index contributed by atoms with van der Waals surface area (Å²) in [4.78, 5) is 13.9. The van der Waals surface area contributed by atoms with Gasteiger partial charge in [0, 0.05) is 13.1 Å². The maximum absolute atomic E-state index is 11.9. The minimum absolute atomic E-state index is 0.176. The number of benzene rings is 1. The zero-order chi connectivity index (χ0) is 18.8. The fourth-order valence-electron chi connectivity index (χ4n) is 2.38. The van der Waals surface area contributed by atoms with Crippen LogP contribution in [0.4, 0.5) is 0 Å². The highest BCUT2D eigenvalue weighted by molar-refractivity contribution is 6.32. The van der Waals surface area contributed by atoms with Crippen LogP contribution in [0.3, 0.4) is 0 Å². The van der Waals surface area contributed by atoms with E-state index in [0.29, 0.717) is 55.1 Å². The summed E-state index contributed by atoms with van der Waals surface area (Å²) < 4.78 is 16.4. The standard InChI is InChI=1S/C18H24ClN3O4/c1-3-7-26-18-15(19)10-14(11-16(18)25-4-2)12-20-21-17(23)13-22-5-8-24-9-6-22/h3,10-12H,1,4-9,13H2,2H3,(H,21,23)/b20-12+. The summed E-state index contributed by atoms with van der Waals surface area (Å²) in [6, 6.07) is 3.45. The highest BCUT2D eigenvalue weighted by Gasteiger charge is 2.14. The molecule has 1 N–H and O–H groups in total. The van der Waals surface area contributed by atoms with Crippen molar-refractivity contribution in [3.63, 3.8) is 0 Å². The smallest absolute Gasteiger partial charge is 0.254 e. The van der Waals surface area contributed by atoms with E-state index in [1.54, 1.807) is 18.2 Å². The van der Waals surface area contributed by atoms with Gasteiger partial charge in [0.1, 0.15) is 6.61 Å². The average molecular weight is 382 g/mol. The molecule has 1 fully saturated rings. The van der Waals surface area contributed by atoms with Crippen molar-refractivity contribution >= 4 is 23.7 Å². The van der Waals surface area contributed by atoms with Gasteiger partial charge in [-0.05, 0) is 24.6 Å². The number of carbonyl (C=O) groups is 1. The molecule has 1 aliphatic rings. The van der Waals surface area contributed by atoms with E-state index in [2.05, 4.69) is 17.1 Å². The molecule has 8 heteroatoms. The summed E-state index contributed by atoms with van der Waals surface area (Å²) in [5, 5.41) is 4.39. The number of hydrazone groups is 1. The van der Waals surface area contributed by atoms with Gasteiger partial charge in [-0.25, -0.2) is 5.43 Å². The molecule has 0 radical (unpaired) electrons. The monoisotopic (exact) mass is 381 g/mol. The van der Waals surface area contributed by atoms with E-state index in [4.69, 9.17) is 25.8 Å². The Morgan fingerprint density at radius 3 is 2.88 bits per heavy atom. The lowest BCUT2D eigenvalue weighted by Crippen LogP contribution is -2.42. The molecule has 0 aliphatic carbocycles. The third kappa shape index (κ3) is 6.33. The summed E-state index contributed by atoms with van der Waals surface area (Å²) in [6.07, 6.45) is 3.15. The maximum Gasteiger partial charge on any atom is 0.254 e. The van der Waals surface area contributed by atoms with Crippen LogP contribution in [-0.2, 0) is 9.53 Å². The predicted octanol–water partition coefficient (Wildman–Crippen LogP) is 2.09.